The average Bonchev–Trinajstić information content (AvgIpc) is 2.93. The maximum atomic E-state index is 12.0. The van der Waals surface area contributed by atoms with Gasteiger partial charge in [-0.15, -0.1) is 11.3 Å². The number of benzene rings is 1. The number of esters is 1. The van der Waals surface area contributed by atoms with Gasteiger partial charge < -0.3 is 10.1 Å². The van der Waals surface area contributed by atoms with Crippen molar-refractivity contribution >= 4 is 34.6 Å². The van der Waals surface area contributed by atoms with Gasteiger partial charge in [-0.05, 0) is 43.0 Å². The first-order valence-corrected chi connectivity index (χ1v) is 7.57. The number of rotatable bonds is 5. The first kappa shape index (κ1) is 16.6. The van der Waals surface area contributed by atoms with Gasteiger partial charge in [0.2, 0.25) is 0 Å². The van der Waals surface area contributed by atoms with Crippen molar-refractivity contribution in [3.05, 3.63) is 56.3 Å². The molecule has 2 aromatic rings. The molecule has 1 N–H and O–H groups in total. The highest BCUT2D eigenvalue weighted by atomic mass is 32.1. The Labute approximate surface area is 136 Å². The number of anilines is 1. The SMILES string of the molecule is Cc1ccsc1C(=O)O[C@H](C)C(=O)Nc1ccc([N+](=O)[O-])cc1. The van der Waals surface area contributed by atoms with Gasteiger partial charge in [-0.25, -0.2) is 4.79 Å². The van der Waals surface area contributed by atoms with E-state index in [0.29, 0.717) is 10.6 Å². The molecule has 0 radical (unpaired) electrons. The Kier molecular flexibility index (Phi) is 5.07. The fraction of sp³-hybridized carbons (Fsp3) is 0.200. The molecule has 0 spiro atoms. The number of ether oxygens (including phenoxy) is 1. The minimum Gasteiger partial charge on any atom is -0.448 e. The molecule has 8 heteroatoms. The molecule has 1 amide bonds. The number of nitrogens with zero attached hydrogens (tertiary/aromatic N) is 1. The zero-order valence-electron chi connectivity index (χ0n) is 12.4. The molecule has 120 valence electrons. The molecule has 1 aromatic heterocycles. The number of carbonyl (C=O) groups is 2. The number of nitro groups is 1. The van der Waals surface area contributed by atoms with Gasteiger partial charge in [0.1, 0.15) is 4.88 Å². The molecule has 0 aliphatic heterocycles. The van der Waals surface area contributed by atoms with Crippen LogP contribution in [-0.4, -0.2) is 22.9 Å². The van der Waals surface area contributed by atoms with Crippen molar-refractivity contribution in [3.63, 3.8) is 0 Å². The van der Waals surface area contributed by atoms with Crippen LogP contribution in [0.1, 0.15) is 22.2 Å². The van der Waals surface area contributed by atoms with E-state index in [1.54, 1.807) is 18.4 Å². The third-order valence-corrected chi connectivity index (χ3v) is 4.04. The number of carbonyl (C=O) groups excluding carboxylic acids is 2. The number of non-ortho nitro benzene ring substituents is 1. The van der Waals surface area contributed by atoms with E-state index in [9.17, 15) is 19.7 Å². The van der Waals surface area contributed by atoms with Crippen molar-refractivity contribution in [1.29, 1.82) is 0 Å². The highest BCUT2D eigenvalue weighted by Crippen LogP contribution is 2.18. The predicted octanol–water partition coefficient (Wildman–Crippen LogP) is 3.15. The summed E-state index contributed by atoms with van der Waals surface area (Å²) in [4.78, 5) is 34.4. The van der Waals surface area contributed by atoms with E-state index in [0.717, 1.165) is 5.56 Å². The van der Waals surface area contributed by atoms with Gasteiger partial charge in [0.25, 0.3) is 11.6 Å². The van der Waals surface area contributed by atoms with E-state index in [2.05, 4.69) is 5.32 Å². The first-order valence-electron chi connectivity index (χ1n) is 6.69. The lowest BCUT2D eigenvalue weighted by Crippen LogP contribution is -2.29. The topological polar surface area (TPSA) is 98.5 Å². The molecular weight excluding hydrogens is 320 g/mol. The normalized spacial score (nSPS) is 11.6. The van der Waals surface area contributed by atoms with Crippen LogP contribution in [0.2, 0.25) is 0 Å². The number of amides is 1. The number of nitro benzene ring substituents is 1. The van der Waals surface area contributed by atoms with E-state index in [1.165, 1.54) is 42.5 Å². The highest BCUT2D eigenvalue weighted by molar-refractivity contribution is 7.12. The predicted molar refractivity (Wildman–Crippen MR) is 85.7 cm³/mol. The Morgan fingerprint density at radius 2 is 1.91 bits per heavy atom. The monoisotopic (exact) mass is 334 g/mol. The molecule has 0 bridgehead atoms. The van der Waals surface area contributed by atoms with E-state index >= 15 is 0 Å². The third kappa shape index (κ3) is 4.13. The molecule has 0 saturated heterocycles. The number of nitrogens with one attached hydrogen (secondary N) is 1. The second kappa shape index (κ2) is 7.01. The Morgan fingerprint density at radius 1 is 1.26 bits per heavy atom. The summed E-state index contributed by atoms with van der Waals surface area (Å²) >= 11 is 1.25. The van der Waals surface area contributed by atoms with Gasteiger partial charge in [0.15, 0.2) is 6.10 Å². The minimum atomic E-state index is -0.987. The van der Waals surface area contributed by atoms with Crippen LogP contribution in [0, 0.1) is 17.0 Å². The zero-order chi connectivity index (χ0) is 17.0. The van der Waals surface area contributed by atoms with Crippen LogP contribution in [0.4, 0.5) is 11.4 Å². The molecular formula is C15H14N2O5S. The van der Waals surface area contributed by atoms with Crippen LogP contribution >= 0.6 is 11.3 Å². The van der Waals surface area contributed by atoms with Gasteiger partial charge in [-0.3, -0.25) is 14.9 Å². The largest absolute Gasteiger partial charge is 0.448 e. The fourth-order valence-corrected chi connectivity index (χ4v) is 2.57. The third-order valence-electron chi connectivity index (χ3n) is 3.05. The summed E-state index contributed by atoms with van der Waals surface area (Å²) in [7, 11) is 0. The molecule has 0 unspecified atom stereocenters. The van der Waals surface area contributed by atoms with E-state index < -0.39 is 22.9 Å². The maximum absolute atomic E-state index is 12.0. The molecule has 1 aromatic carbocycles. The Balaban J connectivity index is 1.96. The lowest BCUT2D eigenvalue weighted by Gasteiger charge is -2.13. The Bertz CT molecular complexity index is 739. The van der Waals surface area contributed by atoms with Crippen LogP contribution in [-0.2, 0) is 9.53 Å². The summed E-state index contributed by atoms with van der Waals surface area (Å²) in [5.41, 5.74) is 1.11. The van der Waals surface area contributed by atoms with Gasteiger partial charge in [0.05, 0.1) is 4.92 Å². The van der Waals surface area contributed by atoms with Gasteiger partial charge >= 0.3 is 5.97 Å². The van der Waals surface area contributed by atoms with Crippen molar-refractivity contribution in [2.24, 2.45) is 0 Å². The van der Waals surface area contributed by atoms with Crippen molar-refractivity contribution in [2.75, 3.05) is 5.32 Å². The molecule has 0 aliphatic rings. The summed E-state index contributed by atoms with van der Waals surface area (Å²) in [5.74, 6) is -1.06. The Morgan fingerprint density at radius 3 is 2.43 bits per heavy atom. The lowest BCUT2D eigenvalue weighted by molar-refractivity contribution is -0.384. The van der Waals surface area contributed by atoms with Gasteiger partial charge in [0, 0.05) is 17.8 Å². The van der Waals surface area contributed by atoms with Gasteiger partial charge in [-0.2, -0.15) is 0 Å². The summed E-state index contributed by atoms with van der Waals surface area (Å²) in [6.07, 6.45) is -0.987. The standard InChI is InChI=1S/C15H14N2O5S/c1-9-7-8-23-13(9)15(19)22-10(2)14(18)16-11-3-5-12(6-4-11)17(20)21/h3-8,10H,1-2H3,(H,16,18)/t10-/m1/s1. The molecule has 0 saturated carbocycles. The number of hydrogen-bond donors (Lipinski definition) is 1. The van der Waals surface area contributed by atoms with Crippen LogP contribution in [0.15, 0.2) is 35.7 Å². The van der Waals surface area contributed by atoms with Crippen molar-refractivity contribution in [1.82, 2.24) is 0 Å². The van der Waals surface area contributed by atoms with E-state index in [-0.39, 0.29) is 5.69 Å². The van der Waals surface area contributed by atoms with Crippen LogP contribution < -0.4 is 5.32 Å². The molecule has 1 heterocycles. The molecule has 0 fully saturated rings. The van der Waals surface area contributed by atoms with Gasteiger partial charge in [-0.1, -0.05) is 0 Å². The average molecular weight is 334 g/mol. The lowest BCUT2D eigenvalue weighted by atomic mass is 10.2. The summed E-state index contributed by atoms with van der Waals surface area (Å²) in [6.45, 7) is 3.25. The molecule has 1 atom stereocenters. The Hall–Kier alpha value is -2.74. The molecule has 7 nitrogen and oxygen atoms in total. The van der Waals surface area contributed by atoms with Crippen LogP contribution in [0.3, 0.4) is 0 Å². The van der Waals surface area contributed by atoms with Crippen molar-refractivity contribution in [2.45, 2.75) is 20.0 Å². The molecule has 23 heavy (non-hydrogen) atoms. The summed E-state index contributed by atoms with van der Waals surface area (Å²) in [5, 5.41) is 14.9. The van der Waals surface area contributed by atoms with Crippen molar-refractivity contribution in [3.8, 4) is 0 Å². The number of thiophene rings is 1. The second-order valence-corrected chi connectivity index (χ2v) is 5.69. The maximum Gasteiger partial charge on any atom is 0.349 e. The number of aryl methyl sites for hydroxylation is 1. The molecule has 0 aliphatic carbocycles. The quantitative estimate of drug-likeness (QED) is 0.514. The fourth-order valence-electron chi connectivity index (χ4n) is 1.76. The van der Waals surface area contributed by atoms with E-state index in [1.807, 2.05) is 0 Å². The smallest absolute Gasteiger partial charge is 0.349 e. The highest BCUT2D eigenvalue weighted by Gasteiger charge is 2.21. The first-order chi connectivity index (χ1) is 10.9. The molecule has 2 rings (SSSR count). The summed E-state index contributed by atoms with van der Waals surface area (Å²) < 4.78 is 5.12. The zero-order valence-corrected chi connectivity index (χ0v) is 13.3. The minimum absolute atomic E-state index is 0.0735. The second-order valence-electron chi connectivity index (χ2n) is 4.77. The van der Waals surface area contributed by atoms with Crippen molar-refractivity contribution < 1.29 is 19.2 Å². The summed E-state index contributed by atoms with van der Waals surface area (Å²) in [6, 6.07) is 7.17. The van der Waals surface area contributed by atoms with Crippen LogP contribution in [0.5, 0.6) is 0 Å². The van der Waals surface area contributed by atoms with E-state index in [4.69, 9.17) is 4.74 Å². The number of hydrogen-bond acceptors (Lipinski definition) is 6. The van der Waals surface area contributed by atoms with Crippen LogP contribution in [0.25, 0.3) is 0 Å².